The van der Waals surface area contributed by atoms with Gasteiger partial charge < -0.3 is 14.8 Å². The van der Waals surface area contributed by atoms with E-state index in [4.69, 9.17) is 14.8 Å². The molecule has 2 atom stereocenters. The van der Waals surface area contributed by atoms with Crippen LogP contribution in [0.5, 0.6) is 0 Å². The maximum absolute atomic E-state index is 8.87. The van der Waals surface area contributed by atoms with E-state index >= 15 is 0 Å². The molecule has 0 amide bonds. The quantitative estimate of drug-likeness (QED) is 0.527. The minimum atomic E-state index is -0.271. The molecule has 3 rings (SSSR count). The van der Waals surface area contributed by atoms with Crippen LogP contribution in [0.1, 0.15) is 19.3 Å². The largest absolute Gasteiger partial charge is 0.411 e. The van der Waals surface area contributed by atoms with Gasteiger partial charge in [-0.1, -0.05) is 10.3 Å². The number of hydrogen-bond acceptors (Lipinski definition) is 6. The van der Waals surface area contributed by atoms with E-state index in [9.17, 15) is 0 Å². The second-order valence-corrected chi connectivity index (χ2v) is 4.10. The van der Waals surface area contributed by atoms with E-state index < -0.39 is 0 Å². The molecular weight excluding hydrogens is 210 g/mol. The number of nitrogens with zero attached hydrogens (tertiary/aromatic N) is 3. The highest BCUT2D eigenvalue weighted by Gasteiger charge is 2.41. The number of oxime groups is 2. The number of rotatable bonds is 1. The molecule has 1 N–H and O–H groups in total. The van der Waals surface area contributed by atoms with Crippen molar-refractivity contribution in [3.05, 3.63) is 0 Å². The molecule has 6 nitrogen and oxygen atoms in total. The molecule has 3 aliphatic rings. The molecule has 0 bridgehead atoms. The fourth-order valence-electron chi connectivity index (χ4n) is 2.33. The van der Waals surface area contributed by atoms with Gasteiger partial charge in [0.15, 0.2) is 0 Å². The van der Waals surface area contributed by atoms with E-state index in [1.807, 2.05) is 0 Å². The molecule has 3 aliphatic heterocycles. The van der Waals surface area contributed by atoms with Gasteiger partial charge in [-0.2, -0.15) is 0 Å². The van der Waals surface area contributed by atoms with E-state index in [1.54, 1.807) is 0 Å². The van der Waals surface area contributed by atoms with Gasteiger partial charge in [-0.25, -0.2) is 0 Å². The Kier molecular flexibility index (Phi) is 2.36. The molecule has 0 aromatic rings. The van der Waals surface area contributed by atoms with Crippen molar-refractivity contribution in [2.45, 2.75) is 25.6 Å². The predicted molar refractivity (Wildman–Crippen MR) is 57.1 cm³/mol. The molecule has 3 heterocycles. The van der Waals surface area contributed by atoms with Gasteiger partial charge in [0.25, 0.3) is 0 Å². The van der Waals surface area contributed by atoms with E-state index in [0.717, 1.165) is 25.2 Å². The Morgan fingerprint density at radius 3 is 3.25 bits per heavy atom. The third-order valence-electron chi connectivity index (χ3n) is 3.13. The summed E-state index contributed by atoms with van der Waals surface area (Å²) in [7, 11) is 0. The Bertz CT molecular complexity index is 389. The normalized spacial score (nSPS) is 35.6. The highest BCUT2D eigenvalue weighted by atomic mass is 16.8. The first-order chi connectivity index (χ1) is 7.90. The summed E-state index contributed by atoms with van der Waals surface area (Å²) in [6.07, 6.45) is 2.39. The van der Waals surface area contributed by atoms with Crippen LogP contribution >= 0.6 is 0 Å². The molecular formula is C10H13N3O3. The van der Waals surface area contributed by atoms with Crippen LogP contribution in [0.15, 0.2) is 15.3 Å². The molecule has 86 valence electrons. The Morgan fingerprint density at radius 2 is 2.38 bits per heavy atom. The zero-order chi connectivity index (χ0) is 11.0. The lowest BCUT2D eigenvalue weighted by Gasteiger charge is -2.23. The van der Waals surface area contributed by atoms with Crippen molar-refractivity contribution in [3.8, 4) is 0 Å². The smallest absolute Gasteiger partial charge is 0.235 e. The lowest BCUT2D eigenvalue weighted by Crippen LogP contribution is -2.35. The molecule has 6 heteroatoms. The maximum Gasteiger partial charge on any atom is 0.235 e. The number of ether oxygens (including phenoxy) is 1. The van der Waals surface area contributed by atoms with Crippen molar-refractivity contribution in [2.75, 3.05) is 13.2 Å². The Morgan fingerprint density at radius 1 is 1.44 bits per heavy atom. The summed E-state index contributed by atoms with van der Waals surface area (Å²) in [4.78, 5) is 9.54. The average Bonchev–Trinajstić information content (AvgIpc) is 2.94. The van der Waals surface area contributed by atoms with E-state index in [0.29, 0.717) is 24.4 Å². The van der Waals surface area contributed by atoms with Crippen LogP contribution in [0, 0.1) is 5.92 Å². The zero-order valence-electron chi connectivity index (χ0n) is 8.80. The number of aliphatic imine (C=N–C) groups is 1. The molecule has 0 saturated carbocycles. The Hall–Kier alpha value is -1.43. The van der Waals surface area contributed by atoms with Crippen molar-refractivity contribution in [3.63, 3.8) is 0 Å². The first-order valence-corrected chi connectivity index (χ1v) is 5.51. The second kappa shape index (κ2) is 3.86. The van der Waals surface area contributed by atoms with E-state index in [2.05, 4.69) is 15.3 Å². The van der Waals surface area contributed by atoms with Crippen molar-refractivity contribution < 1.29 is 14.8 Å². The molecule has 1 fully saturated rings. The molecule has 0 radical (unpaired) electrons. The summed E-state index contributed by atoms with van der Waals surface area (Å²) in [5, 5.41) is 16.2. The molecule has 0 aromatic carbocycles. The maximum atomic E-state index is 8.87. The highest BCUT2D eigenvalue weighted by molar-refractivity contribution is 6.69. The summed E-state index contributed by atoms with van der Waals surface area (Å²) in [6, 6.07) is 0. The van der Waals surface area contributed by atoms with Crippen LogP contribution in [0.2, 0.25) is 0 Å². The fourth-order valence-corrected chi connectivity index (χ4v) is 2.33. The molecule has 0 unspecified atom stereocenters. The third-order valence-corrected chi connectivity index (χ3v) is 3.13. The van der Waals surface area contributed by atoms with Gasteiger partial charge in [-0.3, -0.25) is 4.99 Å². The monoisotopic (exact) mass is 223 g/mol. The van der Waals surface area contributed by atoms with E-state index in [-0.39, 0.29) is 12.2 Å². The van der Waals surface area contributed by atoms with Gasteiger partial charge in [0.2, 0.25) is 6.29 Å². The van der Waals surface area contributed by atoms with E-state index in [1.165, 1.54) is 0 Å². The summed E-state index contributed by atoms with van der Waals surface area (Å²) in [6.45, 7) is 1.38. The predicted octanol–water partition coefficient (Wildman–Crippen LogP) is 0.800. The van der Waals surface area contributed by atoms with Crippen LogP contribution in [-0.2, 0) is 9.57 Å². The zero-order valence-corrected chi connectivity index (χ0v) is 8.80. The van der Waals surface area contributed by atoms with Gasteiger partial charge in [0, 0.05) is 13.0 Å². The van der Waals surface area contributed by atoms with Crippen molar-refractivity contribution >= 4 is 17.1 Å². The molecule has 0 spiro atoms. The summed E-state index contributed by atoms with van der Waals surface area (Å²) in [5.74, 6) is 0.141. The van der Waals surface area contributed by atoms with Crippen LogP contribution < -0.4 is 0 Å². The van der Waals surface area contributed by atoms with Gasteiger partial charge in [-0.05, 0) is 12.8 Å². The number of fused-ring (bicyclic) bond motifs is 1. The SMILES string of the molecule is O/N=C1\CCN=C1C1=NO[C@@H]2OCCC[C@H]12. The van der Waals surface area contributed by atoms with Crippen molar-refractivity contribution in [1.82, 2.24) is 0 Å². The molecule has 16 heavy (non-hydrogen) atoms. The van der Waals surface area contributed by atoms with Crippen LogP contribution in [0.3, 0.4) is 0 Å². The minimum Gasteiger partial charge on any atom is -0.411 e. The van der Waals surface area contributed by atoms with Gasteiger partial charge >= 0.3 is 0 Å². The van der Waals surface area contributed by atoms with Gasteiger partial charge in [-0.15, -0.1) is 0 Å². The molecule has 0 aliphatic carbocycles. The summed E-state index contributed by atoms with van der Waals surface area (Å²) >= 11 is 0. The van der Waals surface area contributed by atoms with Crippen LogP contribution in [0.25, 0.3) is 0 Å². The first kappa shape index (κ1) is 9.77. The Balaban J connectivity index is 1.85. The topological polar surface area (TPSA) is 75.8 Å². The average molecular weight is 223 g/mol. The van der Waals surface area contributed by atoms with Crippen molar-refractivity contribution in [1.29, 1.82) is 0 Å². The van der Waals surface area contributed by atoms with Crippen molar-refractivity contribution in [2.24, 2.45) is 21.2 Å². The molecule has 0 aromatic heterocycles. The second-order valence-electron chi connectivity index (χ2n) is 4.10. The lowest BCUT2D eigenvalue weighted by molar-refractivity contribution is -0.162. The third kappa shape index (κ3) is 1.41. The summed E-state index contributed by atoms with van der Waals surface area (Å²) in [5.41, 5.74) is 2.09. The summed E-state index contributed by atoms with van der Waals surface area (Å²) < 4.78 is 5.47. The first-order valence-electron chi connectivity index (χ1n) is 5.51. The minimum absolute atomic E-state index is 0.141. The van der Waals surface area contributed by atoms with Crippen LogP contribution in [0.4, 0.5) is 0 Å². The fraction of sp³-hybridized carbons (Fsp3) is 0.700. The van der Waals surface area contributed by atoms with Crippen LogP contribution in [-0.4, -0.2) is 41.8 Å². The highest BCUT2D eigenvalue weighted by Crippen LogP contribution is 2.30. The Labute approximate surface area is 92.6 Å². The number of hydrogen-bond donors (Lipinski definition) is 1. The lowest BCUT2D eigenvalue weighted by atomic mass is 9.91. The van der Waals surface area contributed by atoms with Gasteiger partial charge in [0.1, 0.15) is 17.1 Å². The van der Waals surface area contributed by atoms with Gasteiger partial charge in [0.05, 0.1) is 12.5 Å². The molecule has 1 saturated heterocycles. The standard InChI is InChI=1S/C10H13N3O3/c14-12-7-3-4-11-9(7)8-6-2-1-5-15-10(6)16-13-8/h6,10,14H,1-5H2/b12-7+/t6-,10+/m1/s1.